The summed E-state index contributed by atoms with van der Waals surface area (Å²) in [7, 11) is 0. The number of halogens is 9. The summed E-state index contributed by atoms with van der Waals surface area (Å²) in [6, 6.07) is 1.42. The zero-order chi connectivity index (χ0) is 15.2. The number of hydrogen-bond acceptors (Lipinski definition) is 0. The van der Waals surface area contributed by atoms with E-state index in [-0.39, 0.29) is 5.56 Å². The van der Waals surface area contributed by atoms with Crippen molar-refractivity contribution in [1.29, 1.82) is 0 Å². The molecule has 0 nitrogen and oxygen atoms in total. The van der Waals surface area contributed by atoms with Crippen LogP contribution < -0.4 is 0 Å². The molecule has 1 rings (SSSR count). The molecule has 0 aliphatic rings. The highest BCUT2D eigenvalue weighted by molar-refractivity contribution is 9.10. The maximum Gasteiger partial charge on any atom is 0.435 e. The van der Waals surface area contributed by atoms with E-state index in [1.807, 2.05) is 0 Å². The molecule has 0 aliphatic carbocycles. The third-order valence-corrected chi connectivity index (χ3v) is 3.64. The maximum atomic E-state index is 13.8. The van der Waals surface area contributed by atoms with E-state index < -0.39 is 33.1 Å². The van der Waals surface area contributed by atoms with Gasteiger partial charge in [-0.25, -0.2) is 4.39 Å². The van der Waals surface area contributed by atoms with E-state index in [0.717, 1.165) is 6.07 Å². The van der Waals surface area contributed by atoms with Gasteiger partial charge in [-0.3, -0.25) is 0 Å². The third kappa shape index (κ3) is 2.69. The average molecular weight is 373 g/mol. The Morgan fingerprint density at radius 2 is 1.37 bits per heavy atom. The molecule has 1 aromatic rings. The second-order valence-electron chi connectivity index (χ2n) is 3.74. The zero-order valence-corrected chi connectivity index (χ0v) is 11.4. The standard InChI is InChI=1S/C10H5BrClF7/c1-4-2-5(12)3-6(7(4)11)8(13,9(14,15)16)10(17,18)19/h2-3H,1H3. The normalized spacial score (nSPS) is 13.8. The number of rotatable bonds is 1. The van der Waals surface area contributed by atoms with Gasteiger partial charge in [0, 0.05) is 15.1 Å². The van der Waals surface area contributed by atoms with Crippen molar-refractivity contribution in [2.45, 2.75) is 24.9 Å². The van der Waals surface area contributed by atoms with E-state index in [0.29, 0.717) is 6.07 Å². The molecule has 9 heteroatoms. The van der Waals surface area contributed by atoms with Crippen LogP contribution in [0.5, 0.6) is 0 Å². The Bertz CT molecular complexity index is 478. The smallest absolute Gasteiger partial charge is 0.218 e. The molecule has 0 atom stereocenters. The lowest BCUT2D eigenvalue weighted by Gasteiger charge is -2.31. The van der Waals surface area contributed by atoms with Gasteiger partial charge in [-0.2, -0.15) is 26.3 Å². The summed E-state index contributed by atoms with van der Waals surface area (Å²) in [6.45, 7) is 1.20. The van der Waals surface area contributed by atoms with Gasteiger partial charge in [0.15, 0.2) is 0 Å². The molecule has 0 fully saturated rings. The highest BCUT2D eigenvalue weighted by Crippen LogP contribution is 2.55. The molecule has 0 bridgehead atoms. The molecule has 108 valence electrons. The van der Waals surface area contributed by atoms with Gasteiger partial charge >= 0.3 is 18.0 Å². The Morgan fingerprint density at radius 3 is 1.74 bits per heavy atom. The molecule has 19 heavy (non-hydrogen) atoms. The Hall–Kier alpha value is -0.500. The molecule has 0 amide bonds. The predicted octanol–water partition coefficient (Wildman–Crippen LogP) is 5.70. The summed E-state index contributed by atoms with van der Waals surface area (Å²) in [6.07, 6.45) is -12.3. The van der Waals surface area contributed by atoms with Gasteiger partial charge in [-0.15, -0.1) is 0 Å². The molecule has 0 radical (unpaired) electrons. The minimum absolute atomic E-state index is 0.0435. The van der Waals surface area contributed by atoms with Crippen LogP contribution in [0.15, 0.2) is 16.6 Å². The van der Waals surface area contributed by atoms with E-state index in [9.17, 15) is 30.7 Å². The quantitative estimate of drug-likeness (QED) is 0.554. The monoisotopic (exact) mass is 372 g/mol. The molecule has 0 unspecified atom stereocenters. The van der Waals surface area contributed by atoms with Crippen LogP contribution in [0.3, 0.4) is 0 Å². The Morgan fingerprint density at radius 1 is 0.947 bits per heavy atom. The first kappa shape index (κ1) is 16.6. The highest BCUT2D eigenvalue weighted by atomic mass is 79.9. The lowest BCUT2D eigenvalue weighted by atomic mass is 9.93. The summed E-state index contributed by atoms with van der Waals surface area (Å²) in [5.41, 5.74) is -7.15. The van der Waals surface area contributed by atoms with Crippen molar-refractivity contribution in [3.8, 4) is 0 Å². The van der Waals surface area contributed by atoms with Crippen LogP contribution in [-0.2, 0) is 5.67 Å². The van der Waals surface area contributed by atoms with Crippen LogP contribution in [-0.4, -0.2) is 12.4 Å². The topological polar surface area (TPSA) is 0 Å². The number of alkyl halides is 7. The van der Waals surface area contributed by atoms with Crippen molar-refractivity contribution in [3.05, 3.63) is 32.8 Å². The minimum atomic E-state index is -6.16. The lowest BCUT2D eigenvalue weighted by molar-refractivity contribution is -0.348. The highest BCUT2D eigenvalue weighted by Gasteiger charge is 2.74. The molecular formula is C10H5BrClF7. The number of aryl methyl sites for hydroxylation is 1. The van der Waals surface area contributed by atoms with Crippen molar-refractivity contribution in [2.75, 3.05) is 0 Å². The molecule has 0 saturated heterocycles. The van der Waals surface area contributed by atoms with Gasteiger partial charge in [-0.05, 0) is 24.6 Å². The van der Waals surface area contributed by atoms with Crippen molar-refractivity contribution in [2.24, 2.45) is 0 Å². The molecule has 1 aromatic carbocycles. The van der Waals surface area contributed by atoms with Crippen LogP contribution >= 0.6 is 27.5 Å². The van der Waals surface area contributed by atoms with Gasteiger partial charge in [-0.1, -0.05) is 27.5 Å². The van der Waals surface area contributed by atoms with Gasteiger partial charge < -0.3 is 0 Å². The summed E-state index contributed by atoms with van der Waals surface area (Å²) in [5.74, 6) is 0. The fourth-order valence-corrected chi connectivity index (χ4v) is 2.22. The fourth-order valence-electron chi connectivity index (χ4n) is 1.44. The first-order chi connectivity index (χ1) is 8.32. The van der Waals surface area contributed by atoms with Gasteiger partial charge in [0.1, 0.15) is 0 Å². The van der Waals surface area contributed by atoms with Gasteiger partial charge in [0.2, 0.25) is 0 Å². The van der Waals surface area contributed by atoms with E-state index in [2.05, 4.69) is 15.9 Å². The lowest BCUT2D eigenvalue weighted by Crippen LogP contribution is -2.50. The second kappa shape index (κ2) is 4.80. The van der Waals surface area contributed by atoms with E-state index in [4.69, 9.17) is 11.6 Å². The number of hydrogen-bond donors (Lipinski definition) is 0. The van der Waals surface area contributed by atoms with Crippen molar-refractivity contribution in [3.63, 3.8) is 0 Å². The molecule has 0 saturated carbocycles. The summed E-state index contributed by atoms with van der Waals surface area (Å²) >= 11 is 7.94. The second-order valence-corrected chi connectivity index (χ2v) is 4.97. The third-order valence-electron chi connectivity index (χ3n) is 2.37. The Labute approximate surface area is 116 Å². The van der Waals surface area contributed by atoms with Crippen LogP contribution in [0.2, 0.25) is 5.02 Å². The van der Waals surface area contributed by atoms with E-state index >= 15 is 0 Å². The van der Waals surface area contributed by atoms with Crippen molar-refractivity contribution >= 4 is 27.5 Å². The molecular weight excluding hydrogens is 368 g/mol. The summed E-state index contributed by atoms with van der Waals surface area (Å²) in [5, 5.41) is -0.425. The zero-order valence-electron chi connectivity index (χ0n) is 9.06. The molecule has 0 heterocycles. The number of benzene rings is 1. The molecule has 0 aromatic heterocycles. The van der Waals surface area contributed by atoms with Crippen LogP contribution in [0.25, 0.3) is 0 Å². The van der Waals surface area contributed by atoms with Crippen LogP contribution in [0.1, 0.15) is 11.1 Å². The first-order valence-electron chi connectivity index (χ1n) is 4.61. The molecule has 0 spiro atoms. The SMILES string of the molecule is Cc1cc(Cl)cc(C(F)(C(F)(F)F)C(F)(F)F)c1Br. The largest absolute Gasteiger partial charge is 0.435 e. The van der Waals surface area contributed by atoms with Crippen molar-refractivity contribution < 1.29 is 30.7 Å². The average Bonchev–Trinajstić information content (AvgIpc) is 2.18. The van der Waals surface area contributed by atoms with Crippen LogP contribution in [0, 0.1) is 6.92 Å². The maximum absolute atomic E-state index is 13.8. The first-order valence-corrected chi connectivity index (χ1v) is 5.78. The van der Waals surface area contributed by atoms with Crippen molar-refractivity contribution in [1.82, 2.24) is 0 Å². The molecule has 0 N–H and O–H groups in total. The minimum Gasteiger partial charge on any atom is -0.218 e. The predicted molar refractivity (Wildman–Crippen MR) is 58.8 cm³/mol. The summed E-state index contributed by atoms with van der Waals surface area (Å²) in [4.78, 5) is 0. The molecule has 0 aliphatic heterocycles. The Kier molecular flexibility index (Phi) is 4.18. The summed E-state index contributed by atoms with van der Waals surface area (Å²) < 4.78 is 88.6. The fraction of sp³-hybridized carbons (Fsp3) is 0.400. The van der Waals surface area contributed by atoms with E-state index in [1.165, 1.54) is 6.92 Å². The van der Waals surface area contributed by atoms with Crippen LogP contribution in [0.4, 0.5) is 30.7 Å². The Balaban J connectivity index is 3.71. The van der Waals surface area contributed by atoms with Gasteiger partial charge in [0.05, 0.1) is 0 Å². The van der Waals surface area contributed by atoms with E-state index in [1.54, 1.807) is 0 Å². The van der Waals surface area contributed by atoms with Gasteiger partial charge in [0.25, 0.3) is 0 Å².